The molecule has 8 heteroatoms. The van der Waals surface area contributed by atoms with Crippen molar-refractivity contribution in [2.75, 3.05) is 11.9 Å². The van der Waals surface area contributed by atoms with E-state index in [0.29, 0.717) is 25.4 Å². The quantitative estimate of drug-likeness (QED) is 0.278. The summed E-state index contributed by atoms with van der Waals surface area (Å²) in [5.74, 6) is 1.13. The number of halogens is 1. The molecule has 0 unspecified atom stereocenters. The van der Waals surface area contributed by atoms with Gasteiger partial charge in [-0.1, -0.05) is 26.0 Å². The highest BCUT2D eigenvalue weighted by Crippen LogP contribution is 2.13. The Morgan fingerprint density at radius 2 is 2.07 bits per heavy atom. The summed E-state index contributed by atoms with van der Waals surface area (Å²) in [4.78, 5) is 22.1. The van der Waals surface area contributed by atoms with Crippen LogP contribution in [0, 0.1) is 12.8 Å². The predicted molar refractivity (Wildman–Crippen MR) is 128 cm³/mol. The van der Waals surface area contributed by atoms with E-state index < -0.39 is 0 Å². The summed E-state index contributed by atoms with van der Waals surface area (Å²) in [5, 5.41) is 10.5. The van der Waals surface area contributed by atoms with E-state index in [4.69, 9.17) is 0 Å². The van der Waals surface area contributed by atoms with Gasteiger partial charge < -0.3 is 16.0 Å². The molecule has 0 spiro atoms. The molecule has 0 saturated carbocycles. The van der Waals surface area contributed by atoms with E-state index in [1.165, 1.54) is 4.88 Å². The van der Waals surface area contributed by atoms with Crippen molar-refractivity contribution in [1.82, 2.24) is 15.6 Å². The number of benzene rings is 1. The van der Waals surface area contributed by atoms with Crippen molar-refractivity contribution in [3.05, 3.63) is 45.9 Å². The lowest BCUT2D eigenvalue weighted by Crippen LogP contribution is -2.36. The van der Waals surface area contributed by atoms with Gasteiger partial charge >= 0.3 is 0 Å². The lowest BCUT2D eigenvalue weighted by Gasteiger charge is -2.11. The number of nitrogens with zero attached hydrogens (tertiary/aromatic N) is 2. The minimum absolute atomic E-state index is 0. The molecule has 1 aromatic carbocycles. The van der Waals surface area contributed by atoms with Gasteiger partial charge in [0.2, 0.25) is 5.91 Å². The number of nitrogens with one attached hydrogen (secondary N) is 3. The highest BCUT2D eigenvalue weighted by atomic mass is 127. The highest BCUT2D eigenvalue weighted by molar-refractivity contribution is 14.0. The molecule has 0 aliphatic heterocycles. The lowest BCUT2D eigenvalue weighted by molar-refractivity contribution is -0.116. The Labute approximate surface area is 188 Å². The summed E-state index contributed by atoms with van der Waals surface area (Å²) in [6.07, 6.45) is 2.40. The van der Waals surface area contributed by atoms with Crippen molar-refractivity contribution in [1.29, 1.82) is 0 Å². The van der Waals surface area contributed by atoms with Gasteiger partial charge in [0, 0.05) is 29.7 Å². The molecule has 0 bridgehead atoms. The second-order valence-corrected chi connectivity index (χ2v) is 8.08. The van der Waals surface area contributed by atoms with Crippen LogP contribution in [-0.4, -0.2) is 23.4 Å². The fraction of sp³-hybridized carbons (Fsp3) is 0.450. The Hall–Kier alpha value is -1.68. The van der Waals surface area contributed by atoms with Gasteiger partial charge in [-0.05, 0) is 37.5 Å². The van der Waals surface area contributed by atoms with Crippen molar-refractivity contribution in [3.63, 3.8) is 0 Å². The second-order valence-electron chi connectivity index (χ2n) is 6.76. The summed E-state index contributed by atoms with van der Waals surface area (Å²) in [6, 6.07) is 7.82. The van der Waals surface area contributed by atoms with E-state index in [9.17, 15) is 4.79 Å². The van der Waals surface area contributed by atoms with Crippen LogP contribution in [0.2, 0.25) is 0 Å². The molecular weight excluding hydrogens is 485 g/mol. The third-order valence-electron chi connectivity index (χ3n) is 3.64. The molecule has 0 atom stereocenters. The summed E-state index contributed by atoms with van der Waals surface area (Å²) in [5.41, 5.74) is 1.85. The Morgan fingerprint density at radius 3 is 2.71 bits per heavy atom. The van der Waals surface area contributed by atoms with Gasteiger partial charge in [0.25, 0.3) is 0 Å². The van der Waals surface area contributed by atoms with Crippen LogP contribution in [0.3, 0.4) is 0 Å². The van der Waals surface area contributed by atoms with Gasteiger partial charge in [-0.15, -0.1) is 35.3 Å². The number of carbonyl (C=O) groups is 1. The second kappa shape index (κ2) is 12.7. The van der Waals surface area contributed by atoms with Crippen molar-refractivity contribution in [3.8, 4) is 0 Å². The number of guanidine groups is 1. The standard InChI is InChI=1S/C20H29N5OS.HI/c1-5-21-20(24-13-19-22-11-15(4)27-19)23-12-16-7-6-8-17(10-16)25-18(26)9-14(2)3;/h6-8,10-11,14H,5,9,12-13H2,1-4H3,(H,25,26)(H2,21,23,24);1H. The third kappa shape index (κ3) is 9.01. The molecule has 6 nitrogen and oxygen atoms in total. The van der Waals surface area contributed by atoms with E-state index in [1.807, 2.05) is 58.2 Å². The van der Waals surface area contributed by atoms with Crippen LogP contribution in [-0.2, 0) is 17.9 Å². The summed E-state index contributed by atoms with van der Waals surface area (Å²) >= 11 is 1.68. The number of hydrogen-bond acceptors (Lipinski definition) is 4. The molecular formula is C20H30IN5OS. The molecule has 3 N–H and O–H groups in total. The summed E-state index contributed by atoms with van der Waals surface area (Å²) < 4.78 is 0. The number of thiazole rings is 1. The third-order valence-corrected chi connectivity index (χ3v) is 4.56. The Kier molecular flexibility index (Phi) is 11.1. The van der Waals surface area contributed by atoms with Gasteiger partial charge in [-0.2, -0.15) is 0 Å². The number of aromatic nitrogens is 1. The van der Waals surface area contributed by atoms with Gasteiger partial charge in [0.1, 0.15) is 5.01 Å². The van der Waals surface area contributed by atoms with Gasteiger partial charge in [0.05, 0.1) is 13.1 Å². The summed E-state index contributed by atoms with van der Waals surface area (Å²) in [7, 11) is 0. The SMILES string of the molecule is CCNC(=NCc1cccc(NC(=O)CC(C)C)c1)NCc1ncc(C)s1.I. The van der Waals surface area contributed by atoms with Gasteiger partial charge in [-0.25, -0.2) is 9.98 Å². The zero-order chi connectivity index (χ0) is 19.6. The Morgan fingerprint density at radius 1 is 1.29 bits per heavy atom. The number of hydrogen-bond donors (Lipinski definition) is 3. The van der Waals surface area contributed by atoms with Crippen LogP contribution in [0.1, 0.15) is 42.6 Å². The molecule has 154 valence electrons. The predicted octanol–water partition coefficient (Wildman–Crippen LogP) is 4.31. The van der Waals surface area contributed by atoms with E-state index in [-0.39, 0.29) is 29.9 Å². The maximum Gasteiger partial charge on any atom is 0.224 e. The fourth-order valence-corrected chi connectivity index (χ4v) is 3.21. The first kappa shape index (κ1) is 24.4. The molecule has 0 aliphatic rings. The monoisotopic (exact) mass is 515 g/mol. The molecule has 2 aromatic rings. The van der Waals surface area contributed by atoms with Crippen LogP contribution in [0.5, 0.6) is 0 Å². The van der Waals surface area contributed by atoms with Gasteiger partial charge in [-0.3, -0.25) is 4.79 Å². The lowest BCUT2D eigenvalue weighted by atomic mass is 10.1. The zero-order valence-corrected chi connectivity index (χ0v) is 20.1. The highest BCUT2D eigenvalue weighted by Gasteiger charge is 2.06. The topological polar surface area (TPSA) is 78.4 Å². The molecule has 0 aliphatic carbocycles. The van der Waals surface area contributed by atoms with E-state index in [2.05, 4.69) is 25.9 Å². The molecule has 1 amide bonds. The smallest absolute Gasteiger partial charge is 0.224 e. The maximum atomic E-state index is 11.9. The first-order valence-corrected chi connectivity index (χ1v) is 10.1. The van der Waals surface area contributed by atoms with Crippen molar-refractivity contribution in [2.24, 2.45) is 10.9 Å². The number of aryl methyl sites for hydroxylation is 1. The molecule has 0 fully saturated rings. The minimum atomic E-state index is 0. The van der Waals surface area contributed by atoms with Crippen LogP contribution < -0.4 is 16.0 Å². The minimum Gasteiger partial charge on any atom is -0.357 e. The van der Waals surface area contributed by atoms with Crippen molar-refractivity contribution >= 4 is 52.9 Å². The number of amides is 1. The first-order valence-electron chi connectivity index (χ1n) is 9.28. The maximum absolute atomic E-state index is 11.9. The molecule has 1 heterocycles. The summed E-state index contributed by atoms with van der Waals surface area (Å²) in [6.45, 7) is 10.1. The molecule has 0 saturated heterocycles. The molecule has 2 rings (SSSR count). The van der Waals surface area contributed by atoms with Crippen LogP contribution in [0.15, 0.2) is 35.5 Å². The van der Waals surface area contributed by atoms with Crippen molar-refractivity contribution < 1.29 is 4.79 Å². The molecule has 0 radical (unpaired) electrons. The van der Waals surface area contributed by atoms with Crippen molar-refractivity contribution in [2.45, 2.75) is 47.2 Å². The van der Waals surface area contributed by atoms with E-state index in [1.54, 1.807) is 11.3 Å². The number of anilines is 1. The van der Waals surface area contributed by atoms with Gasteiger partial charge in [0.15, 0.2) is 5.96 Å². The number of carbonyl (C=O) groups excluding carboxylic acids is 1. The van der Waals surface area contributed by atoms with Crippen LogP contribution >= 0.6 is 35.3 Å². The largest absolute Gasteiger partial charge is 0.357 e. The first-order chi connectivity index (χ1) is 13.0. The fourth-order valence-electron chi connectivity index (χ4n) is 2.48. The molecule has 28 heavy (non-hydrogen) atoms. The Balaban J connectivity index is 0.00000392. The Bertz CT molecular complexity index is 775. The average Bonchev–Trinajstić information content (AvgIpc) is 3.02. The number of aliphatic imine (C=N–C) groups is 1. The number of rotatable bonds is 8. The molecule has 1 aromatic heterocycles. The van der Waals surface area contributed by atoms with E-state index in [0.717, 1.165) is 28.8 Å². The van der Waals surface area contributed by atoms with E-state index >= 15 is 0 Å². The zero-order valence-electron chi connectivity index (χ0n) is 16.9. The normalized spacial score (nSPS) is 11.1. The average molecular weight is 515 g/mol. The van der Waals surface area contributed by atoms with Crippen LogP contribution in [0.25, 0.3) is 0 Å². The van der Waals surface area contributed by atoms with Crippen LogP contribution in [0.4, 0.5) is 5.69 Å².